The fraction of sp³-hybridized carbons (Fsp3) is 0.800. The van der Waals surface area contributed by atoms with Crippen molar-refractivity contribution in [2.45, 2.75) is 7.47 Å². The Morgan fingerprint density at radius 2 is 1.31 bits per heavy atom. The number of halogens is 4. The molecule has 0 aromatic carbocycles. The highest BCUT2D eigenvalue weighted by molar-refractivity contribution is 9.25. The van der Waals surface area contributed by atoms with E-state index in [1.165, 1.54) is 11.1 Å². The Balaban J connectivity index is 2.17. The van der Waals surface area contributed by atoms with Gasteiger partial charge in [0.2, 0.25) is 0 Å². The van der Waals surface area contributed by atoms with Crippen molar-refractivity contribution < 1.29 is 9.22 Å². The minimum atomic E-state index is 0.285. The molecule has 0 saturated carbocycles. The van der Waals surface area contributed by atoms with Gasteiger partial charge in [-0.1, -0.05) is 63.7 Å². The average molecular weight is 484 g/mol. The molecule has 0 bridgehead atoms. The van der Waals surface area contributed by atoms with Crippen LogP contribution in [0.25, 0.3) is 0 Å². The largest absolute Gasteiger partial charge is 0.370 e. The van der Waals surface area contributed by atoms with Crippen LogP contribution < -0.4 is 0 Å². The summed E-state index contributed by atoms with van der Waals surface area (Å²) < 4.78 is 7.20. The quantitative estimate of drug-likeness (QED) is 0.332. The Bertz CT molecular complexity index is 275. The second kappa shape index (κ2) is 5.70. The molecule has 1 saturated heterocycles. The van der Waals surface area contributed by atoms with Crippen LogP contribution in [0.4, 0.5) is 0 Å². The van der Waals surface area contributed by atoms with E-state index < -0.39 is 0 Å². The number of nitrogens with zero attached hydrogens (tertiary/aromatic N) is 1. The maximum atomic E-state index is 5.47. The maximum Gasteiger partial charge on any atom is 0.103 e. The van der Waals surface area contributed by atoms with Gasteiger partial charge in [-0.15, -0.1) is 0 Å². The molecule has 0 aromatic heterocycles. The normalized spacial score (nSPS) is 25.1. The summed E-state index contributed by atoms with van der Waals surface area (Å²) in [4.78, 5) is 0. The van der Waals surface area contributed by atoms with Crippen LogP contribution in [0.2, 0.25) is 0 Å². The maximum absolute atomic E-state index is 5.47. The highest BCUT2D eigenvalue weighted by atomic mass is 79.9. The van der Waals surface area contributed by atoms with E-state index in [2.05, 4.69) is 63.7 Å². The molecular weight excluding hydrogens is 470 g/mol. The molecule has 0 radical (unpaired) electrons. The third kappa shape index (κ3) is 2.94. The van der Waals surface area contributed by atoms with Crippen molar-refractivity contribution in [1.82, 2.24) is 0 Å². The SMILES string of the molecule is BrC(Br)C1=C(C(Br)Br)C[N+]2(CCOCC2)C1. The molecular formula is C10H14Br4NO+. The fourth-order valence-electron chi connectivity index (χ4n) is 2.45. The van der Waals surface area contributed by atoms with Gasteiger partial charge in [-0.2, -0.15) is 0 Å². The molecule has 0 aliphatic carbocycles. The van der Waals surface area contributed by atoms with Crippen molar-refractivity contribution in [1.29, 1.82) is 0 Å². The Morgan fingerprint density at radius 1 is 0.875 bits per heavy atom. The van der Waals surface area contributed by atoms with Crippen LogP contribution in [0.1, 0.15) is 0 Å². The number of ether oxygens (including phenoxy) is 1. The number of quaternary nitrogens is 1. The number of hydrogen-bond acceptors (Lipinski definition) is 1. The third-order valence-corrected chi connectivity index (χ3v) is 5.58. The predicted molar refractivity (Wildman–Crippen MR) is 80.9 cm³/mol. The Kier molecular flexibility index (Phi) is 4.98. The van der Waals surface area contributed by atoms with Gasteiger partial charge in [0.15, 0.2) is 0 Å². The molecule has 0 N–H and O–H groups in total. The Labute approximate surface area is 130 Å². The lowest BCUT2D eigenvalue weighted by Gasteiger charge is -2.38. The van der Waals surface area contributed by atoms with Gasteiger partial charge in [0.1, 0.15) is 26.2 Å². The first-order chi connectivity index (χ1) is 7.54. The number of morpholine rings is 1. The average Bonchev–Trinajstić information content (AvgIpc) is 2.59. The van der Waals surface area contributed by atoms with Crippen LogP contribution in [-0.4, -0.2) is 51.3 Å². The molecule has 1 fully saturated rings. The van der Waals surface area contributed by atoms with Crippen LogP contribution in [0.3, 0.4) is 0 Å². The first kappa shape index (κ1) is 14.0. The van der Waals surface area contributed by atoms with Crippen LogP contribution in [0.15, 0.2) is 11.1 Å². The van der Waals surface area contributed by atoms with E-state index >= 15 is 0 Å². The predicted octanol–water partition coefficient (Wildman–Crippen LogP) is 3.38. The molecule has 16 heavy (non-hydrogen) atoms. The zero-order chi connectivity index (χ0) is 11.8. The molecule has 6 heteroatoms. The highest BCUT2D eigenvalue weighted by Gasteiger charge is 2.41. The lowest BCUT2D eigenvalue weighted by molar-refractivity contribution is -0.921. The lowest BCUT2D eigenvalue weighted by Crippen LogP contribution is -2.54. The summed E-state index contributed by atoms with van der Waals surface area (Å²) in [5.41, 5.74) is 2.95. The molecule has 0 unspecified atom stereocenters. The molecule has 0 amide bonds. The first-order valence-electron chi connectivity index (χ1n) is 5.25. The molecule has 2 aliphatic rings. The molecule has 0 aromatic rings. The van der Waals surface area contributed by atoms with Gasteiger partial charge in [-0.25, -0.2) is 0 Å². The standard InChI is InChI=1S/C10H14Br4NO/c11-9(12)7-5-15(1-3-16-4-2-15)6-8(7)10(13)14/h9-10H,1-6H2/q+1. The molecule has 1 spiro atoms. The Morgan fingerprint density at radius 3 is 1.69 bits per heavy atom. The van der Waals surface area contributed by atoms with Crippen molar-refractivity contribution >= 4 is 63.7 Å². The first-order valence-corrected chi connectivity index (χ1v) is 8.91. The van der Waals surface area contributed by atoms with Gasteiger partial charge in [0.25, 0.3) is 0 Å². The molecule has 92 valence electrons. The second-order valence-corrected chi connectivity index (χ2v) is 10.5. The van der Waals surface area contributed by atoms with Crippen LogP contribution in [-0.2, 0) is 4.74 Å². The second-order valence-electron chi connectivity index (χ2n) is 4.37. The van der Waals surface area contributed by atoms with Gasteiger partial charge in [-0.05, 0) is 0 Å². The smallest absolute Gasteiger partial charge is 0.103 e. The van der Waals surface area contributed by atoms with E-state index in [0.717, 1.165) is 43.9 Å². The summed E-state index contributed by atoms with van der Waals surface area (Å²) in [5.74, 6) is 0. The molecule has 2 heterocycles. The Hall–Kier alpha value is 1.58. The monoisotopic (exact) mass is 480 g/mol. The molecule has 2 rings (SSSR count). The fourth-order valence-corrected chi connectivity index (χ4v) is 4.20. The van der Waals surface area contributed by atoms with Crippen molar-refractivity contribution in [2.24, 2.45) is 0 Å². The number of alkyl halides is 4. The van der Waals surface area contributed by atoms with Crippen LogP contribution in [0.5, 0.6) is 0 Å². The third-order valence-electron chi connectivity index (χ3n) is 3.37. The summed E-state index contributed by atoms with van der Waals surface area (Å²) in [7, 11) is 0. The van der Waals surface area contributed by atoms with E-state index in [9.17, 15) is 0 Å². The van der Waals surface area contributed by atoms with Gasteiger partial charge in [-0.3, -0.25) is 0 Å². The molecule has 0 atom stereocenters. The van der Waals surface area contributed by atoms with Gasteiger partial charge in [0.05, 0.1) is 20.7 Å². The molecule has 2 aliphatic heterocycles. The number of rotatable bonds is 2. The van der Waals surface area contributed by atoms with E-state index in [1.54, 1.807) is 0 Å². The van der Waals surface area contributed by atoms with E-state index in [0.29, 0.717) is 0 Å². The van der Waals surface area contributed by atoms with E-state index in [4.69, 9.17) is 4.74 Å². The van der Waals surface area contributed by atoms with E-state index in [-0.39, 0.29) is 7.47 Å². The van der Waals surface area contributed by atoms with Crippen LogP contribution in [0, 0.1) is 0 Å². The summed E-state index contributed by atoms with van der Waals surface area (Å²) in [6.07, 6.45) is 0. The van der Waals surface area contributed by atoms with Crippen molar-refractivity contribution in [2.75, 3.05) is 39.4 Å². The van der Waals surface area contributed by atoms with E-state index in [1.807, 2.05) is 0 Å². The summed E-state index contributed by atoms with van der Waals surface area (Å²) in [6, 6.07) is 0. The zero-order valence-electron chi connectivity index (χ0n) is 8.76. The highest BCUT2D eigenvalue weighted by Crippen LogP contribution is 2.38. The minimum absolute atomic E-state index is 0.285. The lowest BCUT2D eigenvalue weighted by atomic mass is 10.2. The van der Waals surface area contributed by atoms with Crippen molar-refractivity contribution in [3.05, 3.63) is 11.1 Å². The topological polar surface area (TPSA) is 9.23 Å². The van der Waals surface area contributed by atoms with Crippen LogP contribution >= 0.6 is 63.7 Å². The zero-order valence-corrected chi connectivity index (χ0v) is 15.1. The van der Waals surface area contributed by atoms with Crippen molar-refractivity contribution in [3.63, 3.8) is 0 Å². The van der Waals surface area contributed by atoms with Gasteiger partial charge >= 0.3 is 0 Å². The summed E-state index contributed by atoms with van der Waals surface area (Å²) in [6.45, 7) is 6.32. The summed E-state index contributed by atoms with van der Waals surface area (Å²) in [5, 5.41) is 0. The van der Waals surface area contributed by atoms with Gasteiger partial charge < -0.3 is 9.22 Å². The van der Waals surface area contributed by atoms with Gasteiger partial charge in [0, 0.05) is 11.1 Å². The summed E-state index contributed by atoms with van der Waals surface area (Å²) >= 11 is 14.5. The molecule has 2 nitrogen and oxygen atoms in total. The van der Waals surface area contributed by atoms with Crippen molar-refractivity contribution in [3.8, 4) is 0 Å². The number of hydrogen-bond donors (Lipinski definition) is 0. The minimum Gasteiger partial charge on any atom is -0.370 e.